The summed E-state index contributed by atoms with van der Waals surface area (Å²) in [5.41, 5.74) is 4.36. The van der Waals surface area contributed by atoms with E-state index in [1.807, 2.05) is 121 Å². The van der Waals surface area contributed by atoms with Gasteiger partial charge in [0.05, 0.1) is 5.69 Å². The summed E-state index contributed by atoms with van der Waals surface area (Å²) in [7, 11) is 0. The number of rotatable bonds is 9. The summed E-state index contributed by atoms with van der Waals surface area (Å²) in [5.74, 6) is -0.359. The number of amides is 2. The summed E-state index contributed by atoms with van der Waals surface area (Å²) in [6.07, 6.45) is 3.28. The highest BCUT2D eigenvalue weighted by molar-refractivity contribution is 8.00. The highest BCUT2D eigenvalue weighted by atomic mass is 32.2. The molecule has 1 atom stereocenters. The number of thioether (sulfide) groups is 1. The van der Waals surface area contributed by atoms with Crippen LogP contribution in [0.15, 0.2) is 132 Å². The van der Waals surface area contributed by atoms with Crippen LogP contribution in [0.1, 0.15) is 16.4 Å². The molecule has 39 heavy (non-hydrogen) atoms. The lowest BCUT2D eigenvalue weighted by Crippen LogP contribution is -2.19. The van der Waals surface area contributed by atoms with Gasteiger partial charge < -0.3 is 10.6 Å². The molecule has 0 aliphatic carbocycles. The van der Waals surface area contributed by atoms with E-state index in [1.165, 1.54) is 29.2 Å². The van der Waals surface area contributed by atoms with Crippen molar-refractivity contribution in [3.63, 3.8) is 0 Å². The third-order valence-electron chi connectivity index (χ3n) is 5.75. The first kappa shape index (κ1) is 26.2. The van der Waals surface area contributed by atoms with Gasteiger partial charge in [-0.2, -0.15) is 0 Å². The molecule has 2 N–H and O–H groups in total. The number of anilines is 2. The molecule has 0 bridgehead atoms. The third kappa shape index (κ3) is 7.31. The van der Waals surface area contributed by atoms with E-state index in [-0.39, 0.29) is 11.8 Å². The number of nitrogens with zero attached hydrogens (tertiary/aromatic N) is 1. The standard InChI is InChI=1S/C32H25N3O2S2/c36-29(21-16-23-10-4-1-5-11-23)33-26-17-19-27(20-18-26)39-30(25-14-8-3-9-15-25)31(37)35-32-34-28(22-38-32)24-12-6-2-7-13-24/h1-22,30H,(H,33,36)(H,34,35,37)/b21-16+. The van der Waals surface area contributed by atoms with Crippen LogP contribution >= 0.6 is 23.1 Å². The Morgan fingerprint density at radius 3 is 2.10 bits per heavy atom. The number of carbonyl (C=O) groups is 2. The molecule has 0 saturated heterocycles. The molecule has 1 aromatic heterocycles. The van der Waals surface area contributed by atoms with Crippen molar-refractivity contribution >= 4 is 51.8 Å². The Morgan fingerprint density at radius 1 is 0.769 bits per heavy atom. The summed E-state index contributed by atoms with van der Waals surface area (Å²) >= 11 is 2.85. The molecular formula is C32H25N3O2S2. The Labute approximate surface area is 235 Å². The predicted molar refractivity (Wildman–Crippen MR) is 162 cm³/mol. The van der Waals surface area contributed by atoms with E-state index < -0.39 is 5.25 Å². The summed E-state index contributed by atoms with van der Waals surface area (Å²) < 4.78 is 0. The maximum absolute atomic E-state index is 13.4. The quantitative estimate of drug-likeness (QED) is 0.145. The van der Waals surface area contributed by atoms with E-state index in [0.717, 1.165) is 27.3 Å². The van der Waals surface area contributed by atoms with Crippen LogP contribution in [0.2, 0.25) is 0 Å². The smallest absolute Gasteiger partial charge is 0.248 e. The van der Waals surface area contributed by atoms with Gasteiger partial charge in [0.1, 0.15) is 5.25 Å². The maximum atomic E-state index is 13.4. The van der Waals surface area contributed by atoms with Crippen LogP contribution in [-0.4, -0.2) is 16.8 Å². The Kier molecular flexibility index (Phi) is 8.63. The van der Waals surface area contributed by atoms with E-state index in [0.29, 0.717) is 10.8 Å². The van der Waals surface area contributed by atoms with Crippen LogP contribution in [0.5, 0.6) is 0 Å². The molecule has 4 aromatic carbocycles. The van der Waals surface area contributed by atoms with Crippen molar-refractivity contribution in [2.45, 2.75) is 10.1 Å². The fraction of sp³-hybridized carbons (Fsp3) is 0.0312. The number of hydrogen-bond donors (Lipinski definition) is 2. The largest absolute Gasteiger partial charge is 0.323 e. The average Bonchev–Trinajstić information content (AvgIpc) is 3.45. The van der Waals surface area contributed by atoms with Crippen LogP contribution < -0.4 is 10.6 Å². The zero-order valence-electron chi connectivity index (χ0n) is 20.9. The molecule has 192 valence electrons. The van der Waals surface area contributed by atoms with Crippen LogP contribution in [0.3, 0.4) is 0 Å². The first-order chi connectivity index (χ1) is 19.1. The predicted octanol–water partition coefficient (Wildman–Crippen LogP) is 7.93. The molecule has 7 heteroatoms. The summed E-state index contributed by atoms with van der Waals surface area (Å²) in [6, 6.07) is 36.7. The molecule has 0 saturated carbocycles. The minimum atomic E-state index is -0.482. The Bertz CT molecular complexity index is 1550. The van der Waals surface area contributed by atoms with E-state index in [2.05, 4.69) is 15.6 Å². The van der Waals surface area contributed by atoms with Crippen molar-refractivity contribution in [2.24, 2.45) is 0 Å². The van der Waals surface area contributed by atoms with Crippen LogP contribution in [0, 0.1) is 0 Å². The minimum absolute atomic E-state index is 0.149. The second kappa shape index (κ2) is 12.9. The molecule has 1 heterocycles. The van der Waals surface area contributed by atoms with Gasteiger partial charge in [-0.15, -0.1) is 23.1 Å². The fourth-order valence-electron chi connectivity index (χ4n) is 3.82. The zero-order valence-corrected chi connectivity index (χ0v) is 22.5. The van der Waals surface area contributed by atoms with Gasteiger partial charge in [0, 0.05) is 27.6 Å². The lowest BCUT2D eigenvalue weighted by Gasteiger charge is -2.16. The maximum Gasteiger partial charge on any atom is 0.248 e. The van der Waals surface area contributed by atoms with Gasteiger partial charge >= 0.3 is 0 Å². The summed E-state index contributed by atoms with van der Waals surface area (Å²) in [4.78, 5) is 31.3. The van der Waals surface area contributed by atoms with Crippen molar-refractivity contribution in [3.8, 4) is 11.3 Å². The topological polar surface area (TPSA) is 71.1 Å². The number of benzene rings is 4. The Hall–Kier alpha value is -4.46. The van der Waals surface area contributed by atoms with Gasteiger partial charge in [-0.1, -0.05) is 91.0 Å². The number of aromatic nitrogens is 1. The first-order valence-electron chi connectivity index (χ1n) is 12.3. The van der Waals surface area contributed by atoms with Gasteiger partial charge in [0.15, 0.2) is 5.13 Å². The van der Waals surface area contributed by atoms with Gasteiger partial charge in [-0.25, -0.2) is 4.98 Å². The van der Waals surface area contributed by atoms with Gasteiger partial charge in [0.25, 0.3) is 0 Å². The van der Waals surface area contributed by atoms with E-state index in [4.69, 9.17) is 0 Å². The highest BCUT2D eigenvalue weighted by Crippen LogP contribution is 2.37. The minimum Gasteiger partial charge on any atom is -0.323 e. The van der Waals surface area contributed by atoms with Crippen molar-refractivity contribution in [2.75, 3.05) is 10.6 Å². The third-order valence-corrected chi connectivity index (χ3v) is 7.77. The monoisotopic (exact) mass is 547 g/mol. The summed E-state index contributed by atoms with van der Waals surface area (Å²) in [5, 5.41) is 7.89. The lowest BCUT2D eigenvalue weighted by atomic mass is 10.1. The molecule has 0 fully saturated rings. The SMILES string of the molecule is O=C(/C=C/c1ccccc1)Nc1ccc(SC(C(=O)Nc2nc(-c3ccccc3)cs2)c2ccccc2)cc1. The van der Waals surface area contributed by atoms with Crippen LogP contribution in [0.25, 0.3) is 17.3 Å². The van der Waals surface area contributed by atoms with E-state index in [1.54, 1.807) is 6.08 Å². The van der Waals surface area contributed by atoms with Crippen molar-refractivity contribution in [3.05, 3.63) is 138 Å². The molecule has 0 aliphatic rings. The molecule has 5 rings (SSSR count). The van der Waals surface area contributed by atoms with Crippen LogP contribution in [0.4, 0.5) is 10.8 Å². The average molecular weight is 548 g/mol. The highest BCUT2D eigenvalue weighted by Gasteiger charge is 2.23. The number of nitrogens with one attached hydrogen (secondary N) is 2. The molecular weight excluding hydrogens is 523 g/mol. The number of hydrogen-bond acceptors (Lipinski definition) is 5. The number of thiazole rings is 1. The normalized spacial score (nSPS) is 11.7. The second-order valence-electron chi connectivity index (χ2n) is 8.56. The Balaban J connectivity index is 1.26. The van der Waals surface area contributed by atoms with E-state index >= 15 is 0 Å². The summed E-state index contributed by atoms with van der Waals surface area (Å²) in [6.45, 7) is 0. The Morgan fingerprint density at radius 2 is 1.41 bits per heavy atom. The second-order valence-corrected chi connectivity index (χ2v) is 10.6. The van der Waals surface area contributed by atoms with Gasteiger partial charge in [-0.3, -0.25) is 9.59 Å². The molecule has 5 aromatic rings. The molecule has 5 nitrogen and oxygen atoms in total. The molecule has 0 spiro atoms. The van der Waals surface area contributed by atoms with E-state index in [9.17, 15) is 9.59 Å². The van der Waals surface area contributed by atoms with Crippen molar-refractivity contribution in [1.29, 1.82) is 0 Å². The van der Waals surface area contributed by atoms with Crippen molar-refractivity contribution in [1.82, 2.24) is 4.98 Å². The molecule has 0 radical (unpaired) electrons. The lowest BCUT2D eigenvalue weighted by molar-refractivity contribution is -0.116. The molecule has 2 amide bonds. The fourth-order valence-corrected chi connectivity index (χ4v) is 5.56. The molecule has 1 unspecified atom stereocenters. The first-order valence-corrected chi connectivity index (χ1v) is 14.1. The molecule has 0 aliphatic heterocycles. The van der Waals surface area contributed by atoms with Crippen molar-refractivity contribution < 1.29 is 9.59 Å². The number of carbonyl (C=O) groups excluding carboxylic acids is 2. The van der Waals surface area contributed by atoms with Gasteiger partial charge in [0.2, 0.25) is 11.8 Å². The van der Waals surface area contributed by atoms with Crippen LogP contribution in [-0.2, 0) is 9.59 Å². The van der Waals surface area contributed by atoms with Gasteiger partial charge in [-0.05, 0) is 41.5 Å². The zero-order chi connectivity index (χ0) is 26.9.